The van der Waals surface area contributed by atoms with Gasteiger partial charge in [-0.2, -0.15) is 5.10 Å². The summed E-state index contributed by atoms with van der Waals surface area (Å²) in [5.41, 5.74) is 7.30. The van der Waals surface area contributed by atoms with Crippen LogP contribution in [0.5, 0.6) is 5.88 Å². The molecule has 1 aromatic rings. The van der Waals surface area contributed by atoms with Gasteiger partial charge in [-0.1, -0.05) is 31.5 Å². The van der Waals surface area contributed by atoms with E-state index in [4.69, 9.17) is 22.7 Å². The second-order valence-electron chi connectivity index (χ2n) is 4.69. The van der Waals surface area contributed by atoms with Gasteiger partial charge in [-0.15, -0.1) is 0 Å². The summed E-state index contributed by atoms with van der Waals surface area (Å²) < 4.78 is 7.50. The predicted octanol–water partition coefficient (Wildman–Crippen LogP) is 1.93. The van der Waals surface area contributed by atoms with Crippen LogP contribution in [0, 0.1) is 12.8 Å². The monoisotopic (exact) mass is 253 g/mol. The number of hydrogen-bond acceptors (Lipinski definition) is 3. The number of ether oxygens (including phenoxy) is 1. The summed E-state index contributed by atoms with van der Waals surface area (Å²) in [5.74, 6) is 1.55. The molecule has 1 heterocycles. The summed E-state index contributed by atoms with van der Waals surface area (Å²) in [5, 5.41) is 4.29. The molecule has 2 rings (SSSR count). The number of thiocarbonyl (C=S) groups is 1. The molecule has 94 valence electrons. The summed E-state index contributed by atoms with van der Waals surface area (Å²) >= 11 is 5.03. The zero-order chi connectivity index (χ0) is 12.4. The maximum atomic E-state index is 5.79. The van der Waals surface area contributed by atoms with Gasteiger partial charge >= 0.3 is 0 Å². The van der Waals surface area contributed by atoms with Gasteiger partial charge in [0.1, 0.15) is 4.99 Å². The van der Waals surface area contributed by atoms with Gasteiger partial charge in [-0.3, -0.25) is 0 Å². The van der Waals surface area contributed by atoms with E-state index < -0.39 is 0 Å². The van der Waals surface area contributed by atoms with Crippen LogP contribution in [0.2, 0.25) is 0 Å². The van der Waals surface area contributed by atoms with E-state index in [2.05, 4.69) is 5.10 Å². The Kier molecular flexibility index (Phi) is 3.66. The predicted molar refractivity (Wildman–Crippen MR) is 71.3 cm³/mol. The Bertz CT molecular complexity index is 424. The van der Waals surface area contributed by atoms with Gasteiger partial charge in [0.15, 0.2) is 0 Å². The van der Waals surface area contributed by atoms with E-state index in [1.165, 1.54) is 19.3 Å². The third-order valence-electron chi connectivity index (χ3n) is 3.41. The Morgan fingerprint density at radius 2 is 2.29 bits per heavy atom. The lowest BCUT2D eigenvalue weighted by Crippen LogP contribution is -2.17. The third kappa shape index (κ3) is 2.60. The number of rotatable bonds is 5. The molecular formula is C12H19N3OS. The quantitative estimate of drug-likeness (QED) is 0.815. The van der Waals surface area contributed by atoms with Crippen molar-refractivity contribution in [3.05, 3.63) is 11.3 Å². The van der Waals surface area contributed by atoms with Crippen molar-refractivity contribution < 1.29 is 4.74 Å². The smallest absolute Gasteiger partial charge is 0.222 e. The van der Waals surface area contributed by atoms with Gasteiger partial charge in [0, 0.05) is 7.05 Å². The minimum atomic E-state index is 0.356. The Labute approximate surface area is 107 Å². The number of aromatic nitrogens is 2. The van der Waals surface area contributed by atoms with Crippen LogP contribution in [-0.2, 0) is 7.05 Å². The first-order valence-corrected chi connectivity index (χ1v) is 6.46. The maximum Gasteiger partial charge on any atom is 0.222 e. The minimum absolute atomic E-state index is 0.356. The standard InChI is InChI=1S/C12H19N3OS/c1-8-10(11(13)17)12(15(2)14-8)16-7-6-9-4-3-5-9/h9H,3-7H2,1-2H3,(H2,13,17). The van der Waals surface area contributed by atoms with Crippen molar-refractivity contribution in [2.24, 2.45) is 18.7 Å². The van der Waals surface area contributed by atoms with Crippen molar-refractivity contribution in [1.29, 1.82) is 0 Å². The van der Waals surface area contributed by atoms with Crippen molar-refractivity contribution >= 4 is 17.2 Å². The van der Waals surface area contributed by atoms with Crippen LogP contribution >= 0.6 is 12.2 Å². The highest BCUT2D eigenvalue weighted by atomic mass is 32.1. The van der Waals surface area contributed by atoms with Crippen LogP contribution in [0.1, 0.15) is 36.9 Å². The van der Waals surface area contributed by atoms with Crippen LogP contribution in [0.25, 0.3) is 0 Å². The third-order valence-corrected chi connectivity index (χ3v) is 3.61. The van der Waals surface area contributed by atoms with Gasteiger partial charge < -0.3 is 10.5 Å². The molecule has 1 aromatic heterocycles. The van der Waals surface area contributed by atoms with Crippen molar-refractivity contribution in [2.75, 3.05) is 6.61 Å². The molecular weight excluding hydrogens is 234 g/mol. The zero-order valence-corrected chi connectivity index (χ0v) is 11.2. The van der Waals surface area contributed by atoms with Crippen molar-refractivity contribution in [3.8, 4) is 5.88 Å². The van der Waals surface area contributed by atoms with E-state index >= 15 is 0 Å². The molecule has 0 atom stereocenters. The van der Waals surface area contributed by atoms with Crippen molar-refractivity contribution in [3.63, 3.8) is 0 Å². The highest BCUT2D eigenvalue weighted by Gasteiger charge is 2.20. The largest absolute Gasteiger partial charge is 0.477 e. The number of nitrogens with two attached hydrogens (primary N) is 1. The van der Waals surface area contributed by atoms with Gasteiger partial charge in [0.05, 0.1) is 17.9 Å². The molecule has 0 radical (unpaired) electrons. The molecule has 0 aromatic carbocycles. The van der Waals surface area contributed by atoms with Crippen LogP contribution < -0.4 is 10.5 Å². The Balaban J connectivity index is 2.00. The minimum Gasteiger partial charge on any atom is -0.477 e. The van der Waals surface area contributed by atoms with Gasteiger partial charge in [0.2, 0.25) is 5.88 Å². The summed E-state index contributed by atoms with van der Waals surface area (Å²) in [6.45, 7) is 2.62. The van der Waals surface area contributed by atoms with Gasteiger partial charge in [-0.25, -0.2) is 4.68 Å². The van der Waals surface area contributed by atoms with E-state index in [1.807, 2.05) is 14.0 Å². The van der Waals surface area contributed by atoms with Crippen LogP contribution in [-0.4, -0.2) is 21.4 Å². The molecule has 1 aliphatic rings. The molecule has 4 nitrogen and oxygen atoms in total. The normalized spacial score (nSPS) is 15.6. The summed E-state index contributed by atoms with van der Waals surface area (Å²) in [7, 11) is 1.85. The van der Waals surface area contributed by atoms with Gasteiger partial charge in [-0.05, 0) is 19.3 Å². The first-order chi connectivity index (χ1) is 8.09. The first kappa shape index (κ1) is 12.4. The molecule has 5 heteroatoms. The van der Waals surface area contributed by atoms with Crippen LogP contribution in [0.4, 0.5) is 0 Å². The topological polar surface area (TPSA) is 53.1 Å². The number of hydrogen-bond donors (Lipinski definition) is 1. The van der Waals surface area contributed by atoms with Crippen molar-refractivity contribution in [2.45, 2.75) is 32.6 Å². The molecule has 0 bridgehead atoms. The zero-order valence-electron chi connectivity index (χ0n) is 10.4. The second kappa shape index (κ2) is 5.04. The van der Waals surface area contributed by atoms with E-state index in [9.17, 15) is 0 Å². The molecule has 1 aliphatic carbocycles. The molecule has 2 N–H and O–H groups in total. The van der Waals surface area contributed by atoms with Crippen LogP contribution in [0.15, 0.2) is 0 Å². The lowest BCUT2D eigenvalue weighted by atomic mass is 9.83. The summed E-state index contributed by atoms with van der Waals surface area (Å²) in [4.78, 5) is 0.356. The van der Waals surface area contributed by atoms with E-state index in [0.717, 1.165) is 30.2 Å². The molecule has 0 aliphatic heterocycles. The molecule has 1 saturated carbocycles. The lowest BCUT2D eigenvalue weighted by Gasteiger charge is -2.25. The Hall–Kier alpha value is -1.10. The lowest BCUT2D eigenvalue weighted by molar-refractivity contribution is 0.211. The number of aryl methyl sites for hydroxylation is 2. The van der Waals surface area contributed by atoms with Gasteiger partial charge in [0.25, 0.3) is 0 Å². The molecule has 0 amide bonds. The van der Waals surface area contributed by atoms with E-state index in [1.54, 1.807) is 4.68 Å². The molecule has 17 heavy (non-hydrogen) atoms. The average Bonchev–Trinajstić information content (AvgIpc) is 2.45. The molecule has 0 saturated heterocycles. The van der Waals surface area contributed by atoms with Crippen molar-refractivity contribution in [1.82, 2.24) is 9.78 Å². The SMILES string of the molecule is Cc1nn(C)c(OCCC2CCC2)c1C(N)=S. The fourth-order valence-electron chi connectivity index (χ4n) is 2.19. The average molecular weight is 253 g/mol. The fourth-order valence-corrected chi connectivity index (χ4v) is 2.43. The van der Waals surface area contributed by atoms with E-state index in [0.29, 0.717) is 10.9 Å². The first-order valence-electron chi connectivity index (χ1n) is 6.05. The summed E-state index contributed by atoms with van der Waals surface area (Å²) in [6.07, 6.45) is 5.17. The maximum absolute atomic E-state index is 5.79. The van der Waals surface area contributed by atoms with E-state index in [-0.39, 0.29) is 0 Å². The second-order valence-corrected chi connectivity index (χ2v) is 5.13. The molecule has 0 spiro atoms. The highest BCUT2D eigenvalue weighted by Crippen LogP contribution is 2.30. The number of nitrogens with zero attached hydrogens (tertiary/aromatic N) is 2. The molecule has 1 fully saturated rings. The fraction of sp³-hybridized carbons (Fsp3) is 0.667. The summed E-state index contributed by atoms with van der Waals surface area (Å²) in [6, 6.07) is 0. The highest BCUT2D eigenvalue weighted by molar-refractivity contribution is 7.80. The molecule has 0 unspecified atom stereocenters. The Morgan fingerprint density at radius 1 is 1.59 bits per heavy atom. The van der Waals surface area contributed by atoms with Crippen LogP contribution in [0.3, 0.4) is 0 Å². The Morgan fingerprint density at radius 3 is 2.82 bits per heavy atom.